The summed E-state index contributed by atoms with van der Waals surface area (Å²) in [5, 5.41) is 0. The molecule has 0 N–H and O–H groups in total. The molecule has 0 aromatic rings. The number of hydrogen-bond acceptors (Lipinski definition) is 7. The van der Waals surface area contributed by atoms with Crippen molar-refractivity contribution < 1.29 is 31.4 Å². The van der Waals surface area contributed by atoms with Crippen LogP contribution in [0.4, 0.5) is 0 Å². The molecule has 0 rings (SSSR count). The second kappa shape index (κ2) is 23.2. The van der Waals surface area contributed by atoms with E-state index in [-0.39, 0.29) is 6.61 Å². The molecular formula is C26H53O7S-. The molecule has 0 aromatic carbocycles. The molecule has 0 saturated heterocycles. The molecule has 34 heavy (non-hydrogen) atoms. The average Bonchev–Trinajstić information content (AvgIpc) is 2.80. The molecule has 0 amide bonds. The molecular weight excluding hydrogens is 456 g/mol. The van der Waals surface area contributed by atoms with Crippen molar-refractivity contribution in [3.05, 3.63) is 0 Å². The Morgan fingerprint density at radius 2 is 1.09 bits per heavy atom. The summed E-state index contributed by atoms with van der Waals surface area (Å²) < 4.78 is 54.9. The number of unbranched alkanes of at least 4 members (excludes halogenated alkanes) is 12. The second-order valence-corrected chi connectivity index (χ2v) is 10.7. The fraction of sp³-hybridized carbons (Fsp3) is 1.00. The summed E-state index contributed by atoms with van der Waals surface area (Å²) in [6.45, 7) is 7.07. The highest BCUT2D eigenvalue weighted by Crippen LogP contribution is 2.28. The largest absolute Gasteiger partial charge is 0.726 e. The fourth-order valence-corrected chi connectivity index (χ4v) is 4.48. The van der Waals surface area contributed by atoms with E-state index < -0.39 is 15.8 Å². The van der Waals surface area contributed by atoms with Gasteiger partial charge in [-0.3, -0.25) is 4.18 Å². The summed E-state index contributed by atoms with van der Waals surface area (Å²) in [4.78, 5) is 0. The minimum atomic E-state index is -4.76. The van der Waals surface area contributed by atoms with Crippen LogP contribution in [0.15, 0.2) is 0 Å². The van der Waals surface area contributed by atoms with Crippen LogP contribution < -0.4 is 0 Å². The Morgan fingerprint density at radius 1 is 0.618 bits per heavy atom. The van der Waals surface area contributed by atoms with Crippen LogP contribution in [0.2, 0.25) is 0 Å². The lowest BCUT2D eigenvalue weighted by molar-refractivity contribution is -0.0411. The molecule has 206 valence electrons. The summed E-state index contributed by atoms with van der Waals surface area (Å²) in [6.07, 6.45) is 18.0. The first kappa shape index (κ1) is 33.8. The van der Waals surface area contributed by atoms with E-state index in [4.69, 9.17) is 14.2 Å². The highest BCUT2D eigenvalue weighted by atomic mass is 32.3. The molecule has 0 aliphatic rings. The smallest absolute Gasteiger partial charge is 0.217 e. The van der Waals surface area contributed by atoms with Crippen LogP contribution in [0.25, 0.3) is 0 Å². The van der Waals surface area contributed by atoms with E-state index >= 15 is 0 Å². The van der Waals surface area contributed by atoms with Crippen LogP contribution >= 0.6 is 0 Å². The van der Waals surface area contributed by atoms with Gasteiger partial charge in [0.15, 0.2) is 0 Å². The van der Waals surface area contributed by atoms with Gasteiger partial charge in [0.2, 0.25) is 10.4 Å². The maximum atomic E-state index is 11.1. The van der Waals surface area contributed by atoms with Crippen molar-refractivity contribution in [3.8, 4) is 0 Å². The van der Waals surface area contributed by atoms with E-state index in [2.05, 4.69) is 18.0 Å². The van der Waals surface area contributed by atoms with Crippen molar-refractivity contribution >= 4 is 10.4 Å². The normalized spacial score (nSPS) is 13.9. The van der Waals surface area contributed by atoms with Crippen LogP contribution in [0.1, 0.15) is 117 Å². The third-order valence-electron chi connectivity index (χ3n) is 6.15. The van der Waals surface area contributed by atoms with Gasteiger partial charge in [0.1, 0.15) is 0 Å². The molecule has 0 aliphatic heterocycles. The molecule has 0 aliphatic carbocycles. The van der Waals surface area contributed by atoms with E-state index in [9.17, 15) is 13.0 Å². The zero-order chi connectivity index (χ0) is 25.4. The van der Waals surface area contributed by atoms with Crippen molar-refractivity contribution in [1.82, 2.24) is 0 Å². The van der Waals surface area contributed by atoms with Gasteiger partial charge in [-0.05, 0) is 25.7 Å². The Morgan fingerprint density at radius 3 is 1.65 bits per heavy atom. The maximum Gasteiger partial charge on any atom is 0.217 e. The third kappa shape index (κ3) is 22.2. The predicted molar refractivity (Wildman–Crippen MR) is 137 cm³/mol. The molecule has 0 unspecified atom stereocenters. The summed E-state index contributed by atoms with van der Waals surface area (Å²) in [6, 6.07) is 0. The Bertz CT molecular complexity index is 501. The summed E-state index contributed by atoms with van der Waals surface area (Å²) in [5.41, 5.74) is -0.636. The molecule has 0 radical (unpaired) electrons. The van der Waals surface area contributed by atoms with Crippen molar-refractivity contribution in [3.63, 3.8) is 0 Å². The van der Waals surface area contributed by atoms with Crippen molar-refractivity contribution in [2.75, 3.05) is 46.8 Å². The maximum absolute atomic E-state index is 11.1. The topological polar surface area (TPSA) is 94.1 Å². The SMILES string of the molecule is CCCCCCCCCCOC[C@@](CCCCCCOCCCCC)(COC)COS(=O)(=O)[O-]. The van der Waals surface area contributed by atoms with Crippen LogP contribution in [0.5, 0.6) is 0 Å². The number of ether oxygens (including phenoxy) is 3. The summed E-state index contributed by atoms with van der Waals surface area (Å²) >= 11 is 0. The molecule has 0 aromatic heterocycles. The van der Waals surface area contributed by atoms with Gasteiger partial charge < -0.3 is 18.8 Å². The van der Waals surface area contributed by atoms with Crippen molar-refractivity contribution in [2.24, 2.45) is 5.41 Å². The lowest BCUT2D eigenvalue weighted by Gasteiger charge is -2.33. The van der Waals surface area contributed by atoms with Gasteiger partial charge in [-0.15, -0.1) is 0 Å². The van der Waals surface area contributed by atoms with E-state index in [1.54, 1.807) is 7.11 Å². The lowest BCUT2D eigenvalue weighted by atomic mass is 9.84. The Kier molecular flexibility index (Phi) is 23.0. The quantitative estimate of drug-likeness (QED) is 0.0717. The predicted octanol–water partition coefficient (Wildman–Crippen LogP) is 6.41. The van der Waals surface area contributed by atoms with Gasteiger partial charge in [0.05, 0.1) is 19.8 Å². The van der Waals surface area contributed by atoms with Crippen LogP contribution in [0, 0.1) is 5.41 Å². The van der Waals surface area contributed by atoms with E-state index in [0.29, 0.717) is 26.2 Å². The molecule has 0 fully saturated rings. The standard InChI is InChI=1S/C26H54O7S/c1-4-6-8-9-10-11-13-18-22-32-24-26(23-30-3,25-33-34(27,28)29)19-15-12-14-17-21-31-20-16-7-5-2/h4-25H2,1-3H3,(H,27,28,29)/p-1/t26-/m1/s1. The molecule has 0 bridgehead atoms. The van der Waals surface area contributed by atoms with Gasteiger partial charge in [0.25, 0.3) is 0 Å². The lowest BCUT2D eigenvalue weighted by Crippen LogP contribution is -2.38. The Balaban J connectivity index is 4.31. The first-order chi connectivity index (χ1) is 16.4. The Hall–Kier alpha value is -0.250. The highest BCUT2D eigenvalue weighted by molar-refractivity contribution is 7.80. The van der Waals surface area contributed by atoms with Gasteiger partial charge in [-0.1, -0.05) is 90.9 Å². The molecule has 8 heteroatoms. The highest BCUT2D eigenvalue weighted by Gasteiger charge is 2.32. The van der Waals surface area contributed by atoms with Crippen LogP contribution in [0.3, 0.4) is 0 Å². The van der Waals surface area contributed by atoms with Crippen molar-refractivity contribution in [2.45, 2.75) is 117 Å². The molecule has 0 heterocycles. The molecule has 7 nitrogen and oxygen atoms in total. The van der Waals surface area contributed by atoms with Crippen LogP contribution in [-0.4, -0.2) is 59.7 Å². The third-order valence-corrected chi connectivity index (χ3v) is 6.55. The number of rotatable bonds is 27. The van der Waals surface area contributed by atoms with Gasteiger partial charge in [0, 0.05) is 32.3 Å². The summed E-state index contributed by atoms with van der Waals surface area (Å²) in [7, 11) is -3.18. The van der Waals surface area contributed by atoms with Crippen LogP contribution in [-0.2, 0) is 28.8 Å². The number of methoxy groups -OCH3 is 1. The molecule has 1 atom stereocenters. The molecule has 0 saturated carbocycles. The molecule has 0 spiro atoms. The van der Waals surface area contributed by atoms with Gasteiger partial charge in [-0.2, -0.15) is 0 Å². The zero-order valence-electron chi connectivity index (χ0n) is 22.3. The Labute approximate surface area is 210 Å². The van der Waals surface area contributed by atoms with Gasteiger partial charge >= 0.3 is 0 Å². The first-order valence-electron chi connectivity index (χ1n) is 13.6. The van der Waals surface area contributed by atoms with E-state index in [1.165, 1.54) is 51.4 Å². The van der Waals surface area contributed by atoms with Gasteiger partial charge in [-0.25, -0.2) is 8.42 Å². The summed E-state index contributed by atoms with van der Waals surface area (Å²) in [5.74, 6) is 0. The average molecular weight is 510 g/mol. The minimum absolute atomic E-state index is 0.204. The zero-order valence-corrected chi connectivity index (χ0v) is 23.1. The van der Waals surface area contributed by atoms with E-state index in [0.717, 1.165) is 58.2 Å². The fourth-order valence-electron chi connectivity index (χ4n) is 4.09. The van der Waals surface area contributed by atoms with E-state index in [1.807, 2.05) is 0 Å². The first-order valence-corrected chi connectivity index (χ1v) is 15.0. The van der Waals surface area contributed by atoms with Crippen molar-refractivity contribution in [1.29, 1.82) is 0 Å². The monoisotopic (exact) mass is 509 g/mol. The number of hydrogen-bond donors (Lipinski definition) is 0. The second-order valence-electron chi connectivity index (χ2n) is 9.61. The minimum Gasteiger partial charge on any atom is -0.726 e.